The van der Waals surface area contributed by atoms with Crippen molar-refractivity contribution in [3.63, 3.8) is 0 Å². The summed E-state index contributed by atoms with van der Waals surface area (Å²) in [6, 6.07) is 3.77. The molecule has 0 spiro atoms. The van der Waals surface area contributed by atoms with Crippen molar-refractivity contribution in [2.45, 2.75) is 19.3 Å². The fraction of sp³-hybridized carbons (Fsp3) is 0.462. The van der Waals surface area contributed by atoms with Gasteiger partial charge in [0.15, 0.2) is 5.15 Å². The number of piperidine rings is 1. The van der Waals surface area contributed by atoms with Gasteiger partial charge in [0.05, 0.1) is 5.02 Å². The minimum absolute atomic E-state index is 0.499. The van der Waals surface area contributed by atoms with Crippen LogP contribution in [0.25, 0.3) is 5.52 Å². The molecule has 0 amide bonds. The standard InChI is InChI=1S/C13H15Cl2N3/c14-10-4-2-6-18-11(17-13(15)12(10)18)7-9-3-1-5-16-8-9/h2,4,6,9,16H,1,3,5,7-8H2. The van der Waals surface area contributed by atoms with E-state index in [1.165, 1.54) is 12.8 Å². The van der Waals surface area contributed by atoms with Gasteiger partial charge in [0.2, 0.25) is 0 Å². The Morgan fingerprint density at radius 3 is 3.11 bits per heavy atom. The highest BCUT2D eigenvalue weighted by atomic mass is 35.5. The number of nitrogens with one attached hydrogen (secondary N) is 1. The van der Waals surface area contributed by atoms with E-state index in [0.717, 1.165) is 30.9 Å². The van der Waals surface area contributed by atoms with Crippen LogP contribution in [-0.2, 0) is 6.42 Å². The summed E-state index contributed by atoms with van der Waals surface area (Å²) in [4.78, 5) is 4.46. The topological polar surface area (TPSA) is 29.3 Å². The smallest absolute Gasteiger partial charge is 0.156 e. The summed E-state index contributed by atoms with van der Waals surface area (Å²) in [5, 5.41) is 4.58. The molecule has 3 heterocycles. The first-order valence-corrected chi connectivity index (χ1v) is 7.03. The predicted molar refractivity (Wildman–Crippen MR) is 74.5 cm³/mol. The van der Waals surface area contributed by atoms with Gasteiger partial charge in [0.1, 0.15) is 11.3 Å². The van der Waals surface area contributed by atoms with Gasteiger partial charge in [-0.15, -0.1) is 0 Å². The molecular weight excluding hydrogens is 269 g/mol. The van der Waals surface area contributed by atoms with Gasteiger partial charge in [-0.1, -0.05) is 23.2 Å². The Morgan fingerprint density at radius 2 is 2.33 bits per heavy atom. The molecule has 96 valence electrons. The summed E-state index contributed by atoms with van der Waals surface area (Å²) in [5.41, 5.74) is 0.819. The molecule has 2 aromatic heterocycles. The first-order chi connectivity index (χ1) is 8.75. The maximum absolute atomic E-state index is 6.17. The Bertz CT molecular complexity index is 559. The van der Waals surface area contributed by atoms with E-state index < -0.39 is 0 Å². The molecule has 1 saturated heterocycles. The third-order valence-electron chi connectivity index (χ3n) is 3.52. The molecule has 0 aliphatic carbocycles. The number of aromatic nitrogens is 2. The highest BCUT2D eigenvalue weighted by Crippen LogP contribution is 2.27. The SMILES string of the molecule is Clc1cccn2c(CC3CCCNC3)nc(Cl)c12. The lowest BCUT2D eigenvalue weighted by Gasteiger charge is -2.21. The normalized spacial score (nSPS) is 20.4. The van der Waals surface area contributed by atoms with Gasteiger partial charge >= 0.3 is 0 Å². The zero-order chi connectivity index (χ0) is 12.5. The molecule has 0 aromatic carbocycles. The second-order valence-corrected chi connectivity index (χ2v) is 5.58. The highest BCUT2D eigenvalue weighted by Gasteiger charge is 2.18. The molecule has 5 heteroatoms. The molecule has 1 aliphatic heterocycles. The third-order valence-corrected chi connectivity index (χ3v) is 4.08. The van der Waals surface area contributed by atoms with Crippen LogP contribution < -0.4 is 5.32 Å². The number of fused-ring (bicyclic) bond motifs is 1. The number of nitrogens with zero attached hydrogens (tertiary/aromatic N) is 2. The van der Waals surface area contributed by atoms with Crippen LogP contribution in [0.5, 0.6) is 0 Å². The summed E-state index contributed by atoms with van der Waals surface area (Å²) in [5.74, 6) is 1.64. The lowest BCUT2D eigenvalue weighted by molar-refractivity contribution is 0.370. The fourth-order valence-corrected chi connectivity index (χ4v) is 3.21. The van der Waals surface area contributed by atoms with E-state index >= 15 is 0 Å². The number of imidazole rings is 1. The molecule has 3 nitrogen and oxygen atoms in total. The molecule has 2 aromatic rings. The van der Waals surface area contributed by atoms with Gasteiger partial charge < -0.3 is 9.72 Å². The van der Waals surface area contributed by atoms with E-state index in [4.69, 9.17) is 23.2 Å². The second-order valence-electron chi connectivity index (χ2n) is 4.81. The lowest BCUT2D eigenvalue weighted by atomic mass is 9.96. The van der Waals surface area contributed by atoms with Gasteiger partial charge in [-0.2, -0.15) is 0 Å². The third kappa shape index (κ3) is 2.22. The van der Waals surface area contributed by atoms with Crippen LogP contribution in [0.2, 0.25) is 10.2 Å². The molecular formula is C13H15Cl2N3. The van der Waals surface area contributed by atoms with Crippen LogP contribution in [-0.4, -0.2) is 22.5 Å². The van der Waals surface area contributed by atoms with Crippen molar-refractivity contribution < 1.29 is 0 Å². The van der Waals surface area contributed by atoms with Crippen LogP contribution in [0, 0.1) is 5.92 Å². The Morgan fingerprint density at radius 1 is 1.44 bits per heavy atom. The molecule has 0 bridgehead atoms. The zero-order valence-electron chi connectivity index (χ0n) is 10.00. The average molecular weight is 284 g/mol. The van der Waals surface area contributed by atoms with Gasteiger partial charge in [-0.3, -0.25) is 0 Å². The quantitative estimate of drug-likeness (QED) is 0.917. The Labute approximate surface area is 116 Å². The van der Waals surface area contributed by atoms with Crippen molar-refractivity contribution in [3.8, 4) is 0 Å². The van der Waals surface area contributed by atoms with Crippen LogP contribution in [0.1, 0.15) is 18.7 Å². The summed E-state index contributed by atoms with van der Waals surface area (Å²) in [6.45, 7) is 2.19. The summed E-state index contributed by atoms with van der Waals surface area (Å²) >= 11 is 12.3. The molecule has 3 rings (SSSR count). The van der Waals surface area contributed by atoms with Gasteiger partial charge in [0.25, 0.3) is 0 Å². The Hall–Kier alpha value is -0.770. The van der Waals surface area contributed by atoms with Crippen molar-refractivity contribution in [1.82, 2.24) is 14.7 Å². The molecule has 1 fully saturated rings. The number of halogens is 2. The van der Waals surface area contributed by atoms with E-state index in [0.29, 0.717) is 16.1 Å². The van der Waals surface area contributed by atoms with Crippen LogP contribution >= 0.6 is 23.2 Å². The van der Waals surface area contributed by atoms with Gasteiger partial charge in [0, 0.05) is 12.6 Å². The second kappa shape index (κ2) is 5.08. The first-order valence-electron chi connectivity index (χ1n) is 6.27. The molecule has 1 N–H and O–H groups in total. The largest absolute Gasteiger partial charge is 0.316 e. The number of pyridine rings is 1. The van der Waals surface area contributed by atoms with E-state index in [1.54, 1.807) is 0 Å². The van der Waals surface area contributed by atoms with Crippen LogP contribution in [0.4, 0.5) is 0 Å². The minimum Gasteiger partial charge on any atom is -0.316 e. The maximum Gasteiger partial charge on any atom is 0.156 e. The minimum atomic E-state index is 0.499. The monoisotopic (exact) mass is 283 g/mol. The van der Waals surface area contributed by atoms with Crippen molar-refractivity contribution in [2.24, 2.45) is 5.92 Å². The van der Waals surface area contributed by atoms with Crippen molar-refractivity contribution >= 4 is 28.7 Å². The molecule has 1 aliphatic rings. The Kier molecular flexibility index (Phi) is 3.46. The lowest BCUT2D eigenvalue weighted by Crippen LogP contribution is -2.31. The summed E-state index contributed by atoms with van der Waals surface area (Å²) in [7, 11) is 0. The molecule has 0 radical (unpaired) electrons. The maximum atomic E-state index is 6.17. The van der Waals surface area contributed by atoms with Crippen molar-refractivity contribution in [1.29, 1.82) is 0 Å². The van der Waals surface area contributed by atoms with E-state index in [2.05, 4.69) is 10.3 Å². The fourth-order valence-electron chi connectivity index (χ4n) is 2.62. The number of hydrogen-bond donors (Lipinski definition) is 1. The summed E-state index contributed by atoms with van der Waals surface area (Å²) < 4.78 is 2.01. The van der Waals surface area contributed by atoms with Gasteiger partial charge in [-0.25, -0.2) is 4.98 Å². The first kappa shape index (κ1) is 12.3. The molecule has 1 unspecified atom stereocenters. The van der Waals surface area contributed by atoms with Crippen molar-refractivity contribution in [2.75, 3.05) is 13.1 Å². The average Bonchev–Trinajstić information content (AvgIpc) is 2.69. The van der Waals surface area contributed by atoms with Gasteiger partial charge in [-0.05, 0) is 44.0 Å². The predicted octanol–water partition coefficient (Wildman–Crippen LogP) is 3.18. The molecule has 1 atom stereocenters. The Balaban J connectivity index is 1.94. The zero-order valence-corrected chi connectivity index (χ0v) is 11.5. The van der Waals surface area contributed by atoms with E-state index in [1.807, 2.05) is 22.7 Å². The molecule has 0 saturated carbocycles. The number of hydrogen-bond acceptors (Lipinski definition) is 2. The van der Waals surface area contributed by atoms with E-state index in [-0.39, 0.29) is 0 Å². The number of rotatable bonds is 2. The highest BCUT2D eigenvalue weighted by molar-refractivity contribution is 6.39. The van der Waals surface area contributed by atoms with Crippen LogP contribution in [0.15, 0.2) is 18.3 Å². The van der Waals surface area contributed by atoms with E-state index in [9.17, 15) is 0 Å². The summed E-state index contributed by atoms with van der Waals surface area (Å²) in [6.07, 6.45) is 5.41. The van der Waals surface area contributed by atoms with Crippen molar-refractivity contribution in [3.05, 3.63) is 34.3 Å². The molecule has 18 heavy (non-hydrogen) atoms. The van der Waals surface area contributed by atoms with Crippen LogP contribution in [0.3, 0.4) is 0 Å².